The number of halogens is 1. The molecule has 102 valence electrons. The molecule has 0 amide bonds. The summed E-state index contributed by atoms with van der Waals surface area (Å²) in [5.74, 6) is 1.65. The van der Waals surface area contributed by atoms with Crippen LogP contribution in [-0.4, -0.2) is 27.0 Å². The van der Waals surface area contributed by atoms with E-state index >= 15 is 0 Å². The van der Waals surface area contributed by atoms with Crippen molar-refractivity contribution in [2.24, 2.45) is 7.05 Å². The molecule has 1 N–H and O–H groups in total. The fraction of sp³-hybridized carbons (Fsp3) is 0.308. The number of para-hydroxylation sites is 1. The fourth-order valence-corrected chi connectivity index (χ4v) is 2.74. The van der Waals surface area contributed by atoms with Crippen LogP contribution in [0.2, 0.25) is 0 Å². The molecule has 1 aromatic carbocycles. The Balaban J connectivity index is 1.81. The summed E-state index contributed by atoms with van der Waals surface area (Å²) >= 11 is 5.05. The van der Waals surface area contributed by atoms with Crippen LogP contribution in [0.25, 0.3) is 0 Å². The molecule has 19 heavy (non-hydrogen) atoms. The first-order chi connectivity index (χ1) is 9.22. The van der Waals surface area contributed by atoms with Crippen molar-refractivity contribution in [1.82, 2.24) is 9.55 Å². The van der Waals surface area contributed by atoms with Crippen LogP contribution in [-0.2, 0) is 13.7 Å². The van der Waals surface area contributed by atoms with E-state index in [1.54, 1.807) is 18.0 Å². The molecule has 0 radical (unpaired) electrons. The van der Waals surface area contributed by atoms with Gasteiger partial charge < -0.3 is 14.4 Å². The summed E-state index contributed by atoms with van der Waals surface area (Å²) in [6, 6.07) is 7.78. The van der Waals surface area contributed by atoms with Gasteiger partial charge in [0.15, 0.2) is 5.16 Å². The number of aliphatic hydroxyl groups is 1. The molecule has 0 fully saturated rings. The second kappa shape index (κ2) is 6.98. The molecule has 1 heterocycles. The summed E-state index contributed by atoms with van der Waals surface area (Å²) in [6.45, 7) is 0.617. The molecule has 0 spiro atoms. The first-order valence-electron chi connectivity index (χ1n) is 5.84. The molecule has 2 rings (SSSR count). The van der Waals surface area contributed by atoms with Crippen molar-refractivity contribution in [3.05, 3.63) is 40.6 Å². The van der Waals surface area contributed by atoms with Crippen molar-refractivity contribution in [2.75, 3.05) is 12.4 Å². The Hall–Kier alpha value is -0.980. The minimum Gasteiger partial charge on any atom is -0.492 e. The van der Waals surface area contributed by atoms with E-state index in [1.807, 2.05) is 35.9 Å². The van der Waals surface area contributed by atoms with E-state index in [4.69, 9.17) is 9.84 Å². The third-order valence-electron chi connectivity index (χ3n) is 2.61. The third-order valence-corrected chi connectivity index (χ3v) is 4.28. The number of benzene rings is 1. The van der Waals surface area contributed by atoms with Crippen LogP contribution in [0.15, 0.2) is 40.1 Å². The molecule has 0 saturated heterocycles. The number of aromatic nitrogens is 2. The zero-order valence-corrected chi connectivity index (χ0v) is 12.9. The Morgan fingerprint density at radius 3 is 2.89 bits per heavy atom. The lowest BCUT2D eigenvalue weighted by molar-refractivity contribution is 0.271. The van der Waals surface area contributed by atoms with Gasteiger partial charge in [0, 0.05) is 12.8 Å². The van der Waals surface area contributed by atoms with Gasteiger partial charge in [-0.1, -0.05) is 23.9 Å². The molecule has 0 bridgehead atoms. The van der Waals surface area contributed by atoms with E-state index in [2.05, 4.69) is 20.9 Å². The lowest BCUT2D eigenvalue weighted by Crippen LogP contribution is -2.03. The minimum atomic E-state index is 0.0114. The van der Waals surface area contributed by atoms with Crippen molar-refractivity contribution in [1.29, 1.82) is 0 Å². The van der Waals surface area contributed by atoms with Crippen molar-refractivity contribution >= 4 is 27.7 Å². The van der Waals surface area contributed by atoms with E-state index < -0.39 is 0 Å². The van der Waals surface area contributed by atoms with Gasteiger partial charge in [0.1, 0.15) is 5.75 Å². The topological polar surface area (TPSA) is 47.3 Å². The fourth-order valence-electron chi connectivity index (χ4n) is 1.55. The Morgan fingerprint density at radius 2 is 2.21 bits per heavy atom. The van der Waals surface area contributed by atoms with E-state index in [9.17, 15) is 0 Å². The Bertz CT molecular complexity index is 545. The SMILES string of the molecule is Cn1c(CO)cnc1SCCOc1ccccc1Br. The van der Waals surface area contributed by atoms with Gasteiger partial charge in [0.2, 0.25) is 0 Å². The number of ether oxygens (including phenoxy) is 1. The van der Waals surface area contributed by atoms with Crippen molar-refractivity contribution in [3.63, 3.8) is 0 Å². The van der Waals surface area contributed by atoms with Gasteiger partial charge in [-0.3, -0.25) is 0 Å². The maximum absolute atomic E-state index is 9.08. The smallest absolute Gasteiger partial charge is 0.168 e. The summed E-state index contributed by atoms with van der Waals surface area (Å²) in [6.07, 6.45) is 1.69. The molecule has 0 atom stereocenters. The van der Waals surface area contributed by atoms with Gasteiger partial charge in [-0.25, -0.2) is 4.98 Å². The second-order valence-corrected chi connectivity index (χ2v) is 5.79. The van der Waals surface area contributed by atoms with Gasteiger partial charge in [-0.05, 0) is 28.1 Å². The highest BCUT2D eigenvalue weighted by molar-refractivity contribution is 9.10. The van der Waals surface area contributed by atoms with Crippen LogP contribution in [0.5, 0.6) is 5.75 Å². The molecule has 0 saturated carbocycles. The highest BCUT2D eigenvalue weighted by atomic mass is 79.9. The van der Waals surface area contributed by atoms with E-state index in [1.165, 1.54) is 0 Å². The average molecular weight is 343 g/mol. The van der Waals surface area contributed by atoms with Crippen molar-refractivity contribution in [2.45, 2.75) is 11.8 Å². The van der Waals surface area contributed by atoms with Crippen molar-refractivity contribution < 1.29 is 9.84 Å². The number of imidazole rings is 1. The molecule has 6 heteroatoms. The highest BCUT2D eigenvalue weighted by Crippen LogP contribution is 2.24. The van der Waals surface area contributed by atoms with Gasteiger partial charge in [0.05, 0.1) is 29.6 Å². The largest absolute Gasteiger partial charge is 0.492 e. The zero-order chi connectivity index (χ0) is 13.7. The first-order valence-corrected chi connectivity index (χ1v) is 7.62. The molecule has 4 nitrogen and oxygen atoms in total. The van der Waals surface area contributed by atoms with E-state index in [0.717, 1.165) is 26.8 Å². The highest BCUT2D eigenvalue weighted by Gasteiger charge is 2.06. The Labute approximate surface area is 124 Å². The first kappa shape index (κ1) is 14.4. The molecule has 0 aliphatic carbocycles. The lowest BCUT2D eigenvalue weighted by atomic mass is 10.3. The second-order valence-electron chi connectivity index (χ2n) is 3.88. The monoisotopic (exact) mass is 342 g/mol. The number of hydrogen-bond acceptors (Lipinski definition) is 4. The predicted molar refractivity (Wildman–Crippen MR) is 79.5 cm³/mol. The van der Waals surface area contributed by atoms with E-state index in [-0.39, 0.29) is 6.61 Å². The normalized spacial score (nSPS) is 10.7. The number of nitrogens with zero attached hydrogens (tertiary/aromatic N) is 2. The van der Waals surface area contributed by atoms with Crippen LogP contribution in [0.3, 0.4) is 0 Å². The van der Waals surface area contributed by atoms with E-state index in [0.29, 0.717) is 6.61 Å². The molecule has 2 aromatic rings. The van der Waals surface area contributed by atoms with Crippen molar-refractivity contribution in [3.8, 4) is 5.75 Å². The molecule has 0 aliphatic heterocycles. The predicted octanol–water partition coefficient (Wildman–Crippen LogP) is 2.85. The lowest BCUT2D eigenvalue weighted by Gasteiger charge is -2.08. The van der Waals surface area contributed by atoms with Crippen LogP contribution in [0.4, 0.5) is 0 Å². The maximum atomic E-state index is 9.08. The quantitative estimate of drug-likeness (QED) is 0.647. The Kier molecular flexibility index (Phi) is 5.30. The summed E-state index contributed by atoms with van der Waals surface area (Å²) in [4.78, 5) is 4.25. The van der Waals surface area contributed by atoms with Gasteiger partial charge in [-0.15, -0.1) is 0 Å². The van der Waals surface area contributed by atoms with Crippen LogP contribution < -0.4 is 4.74 Å². The molecule has 0 unspecified atom stereocenters. The molecule has 1 aromatic heterocycles. The Morgan fingerprint density at radius 1 is 1.42 bits per heavy atom. The van der Waals surface area contributed by atoms with Crippen LogP contribution in [0, 0.1) is 0 Å². The summed E-state index contributed by atoms with van der Waals surface area (Å²) < 4.78 is 8.53. The van der Waals surface area contributed by atoms with Gasteiger partial charge in [-0.2, -0.15) is 0 Å². The van der Waals surface area contributed by atoms with Gasteiger partial charge >= 0.3 is 0 Å². The maximum Gasteiger partial charge on any atom is 0.168 e. The standard InChI is InChI=1S/C13H15BrN2O2S/c1-16-10(9-17)8-15-13(16)19-7-6-18-12-5-3-2-4-11(12)14/h2-5,8,17H,6-7,9H2,1H3. The summed E-state index contributed by atoms with van der Waals surface area (Å²) in [5.41, 5.74) is 0.814. The van der Waals surface area contributed by atoms with Crippen LogP contribution >= 0.6 is 27.7 Å². The third kappa shape index (κ3) is 3.75. The number of hydrogen-bond donors (Lipinski definition) is 1. The zero-order valence-electron chi connectivity index (χ0n) is 10.5. The summed E-state index contributed by atoms with van der Waals surface area (Å²) in [7, 11) is 1.90. The molecular weight excluding hydrogens is 328 g/mol. The van der Waals surface area contributed by atoms with Crippen LogP contribution in [0.1, 0.15) is 5.69 Å². The minimum absolute atomic E-state index is 0.0114. The number of rotatable bonds is 6. The molecular formula is C13H15BrN2O2S. The molecule has 0 aliphatic rings. The number of aliphatic hydroxyl groups excluding tert-OH is 1. The van der Waals surface area contributed by atoms with Gasteiger partial charge in [0.25, 0.3) is 0 Å². The number of thioether (sulfide) groups is 1. The average Bonchev–Trinajstić information content (AvgIpc) is 2.77. The summed E-state index contributed by atoms with van der Waals surface area (Å²) in [5, 5.41) is 9.97.